The quantitative estimate of drug-likeness (QED) is 0.438. The Morgan fingerprint density at radius 3 is 2.33 bits per heavy atom. The second-order valence-electron chi connectivity index (χ2n) is 8.25. The van der Waals surface area contributed by atoms with Crippen LogP contribution in [0.15, 0.2) is 77.7 Å². The molecule has 0 atom stereocenters. The molecule has 0 spiro atoms. The maximum absolute atomic E-state index is 13.5. The molecule has 0 fully saturated rings. The van der Waals surface area contributed by atoms with Gasteiger partial charge in [-0.15, -0.1) is 0 Å². The molecular formula is C27H32N2O3S. The molecule has 5 nitrogen and oxygen atoms in total. The third-order valence-electron chi connectivity index (χ3n) is 5.58. The molecule has 0 heterocycles. The highest BCUT2D eigenvalue weighted by atomic mass is 32.2. The van der Waals surface area contributed by atoms with Gasteiger partial charge in [-0.1, -0.05) is 72.6 Å². The van der Waals surface area contributed by atoms with Crippen LogP contribution in [0.1, 0.15) is 35.6 Å². The van der Waals surface area contributed by atoms with Gasteiger partial charge >= 0.3 is 0 Å². The first-order valence-corrected chi connectivity index (χ1v) is 12.7. The largest absolute Gasteiger partial charge is 0.355 e. The summed E-state index contributed by atoms with van der Waals surface area (Å²) in [5, 5.41) is 2.89. The topological polar surface area (TPSA) is 66.5 Å². The second-order valence-corrected chi connectivity index (χ2v) is 10.1. The average Bonchev–Trinajstić information content (AvgIpc) is 2.80. The monoisotopic (exact) mass is 464 g/mol. The van der Waals surface area contributed by atoms with E-state index in [2.05, 4.69) is 30.4 Å². The first-order chi connectivity index (χ1) is 15.8. The molecule has 0 saturated carbocycles. The zero-order valence-electron chi connectivity index (χ0n) is 19.5. The van der Waals surface area contributed by atoms with Crippen LogP contribution in [0.4, 0.5) is 5.69 Å². The molecule has 3 aromatic rings. The normalized spacial score (nSPS) is 11.2. The number of nitrogens with one attached hydrogen (secondary N) is 1. The molecule has 3 aromatic carbocycles. The van der Waals surface area contributed by atoms with Gasteiger partial charge in [-0.25, -0.2) is 8.42 Å². The van der Waals surface area contributed by atoms with Gasteiger partial charge in [0.25, 0.3) is 10.0 Å². The van der Waals surface area contributed by atoms with Crippen LogP contribution in [-0.4, -0.2) is 27.4 Å². The summed E-state index contributed by atoms with van der Waals surface area (Å²) >= 11 is 0. The van der Waals surface area contributed by atoms with Gasteiger partial charge in [-0.2, -0.15) is 0 Å². The molecule has 0 aromatic heterocycles. The van der Waals surface area contributed by atoms with Crippen LogP contribution in [0.2, 0.25) is 0 Å². The lowest BCUT2D eigenvalue weighted by molar-refractivity contribution is -0.119. The minimum Gasteiger partial charge on any atom is -0.355 e. The first kappa shape index (κ1) is 24.5. The number of rotatable bonds is 10. The number of amides is 1. The van der Waals surface area contributed by atoms with E-state index in [-0.39, 0.29) is 17.3 Å². The molecule has 0 aliphatic rings. The molecule has 0 radical (unpaired) electrons. The molecule has 1 amide bonds. The Balaban J connectivity index is 1.75. The van der Waals surface area contributed by atoms with E-state index in [0.717, 1.165) is 24.0 Å². The van der Waals surface area contributed by atoms with Gasteiger partial charge < -0.3 is 5.32 Å². The van der Waals surface area contributed by atoms with E-state index < -0.39 is 10.0 Å². The van der Waals surface area contributed by atoms with E-state index in [9.17, 15) is 13.2 Å². The molecule has 6 heteroatoms. The highest BCUT2D eigenvalue weighted by Crippen LogP contribution is 2.27. The number of hydrogen-bond acceptors (Lipinski definition) is 3. The van der Waals surface area contributed by atoms with Crippen LogP contribution in [0.5, 0.6) is 0 Å². The van der Waals surface area contributed by atoms with Gasteiger partial charge in [-0.3, -0.25) is 9.10 Å². The zero-order chi connectivity index (χ0) is 23.8. The van der Waals surface area contributed by atoms with Gasteiger partial charge in [0.1, 0.15) is 6.54 Å². The fourth-order valence-electron chi connectivity index (χ4n) is 3.76. The van der Waals surface area contributed by atoms with Crippen LogP contribution in [-0.2, 0) is 27.7 Å². The number of carbonyl (C=O) groups excluding carboxylic acids is 1. The molecule has 1 N–H and O–H groups in total. The van der Waals surface area contributed by atoms with Gasteiger partial charge in [-0.05, 0) is 62.4 Å². The molecule has 0 saturated heterocycles. The summed E-state index contributed by atoms with van der Waals surface area (Å²) < 4.78 is 28.3. The third kappa shape index (κ3) is 6.45. The number of para-hydroxylation sites is 1. The average molecular weight is 465 g/mol. The molecule has 174 valence electrons. The van der Waals surface area contributed by atoms with E-state index in [1.54, 1.807) is 36.4 Å². The molecular weight excluding hydrogens is 432 g/mol. The van der Waals surface area contributed by atoms with Crippen molar-refractivity contribution in [3.63, 3.8) is 0 Å². The molecule has 0 bridgehead atoms. The van der Waals surface area contributed by atoms with Crippen LogP contribution in [0.25, 0.3) is 0 Å². The number of benzene rings is 3. The summed E-state index contributed by atoms with van der Waals surface area (Å²) in [7, 11) is -3.90. The van der Waals surface area contributed by atoms with Gasteiger partial charge in [0, 0.05) is 6.54 Å². The summed E-state index contributed by atoms with van der Waals surface area (Å²) in [6, 6.07) is 22.3. The summed E-state index contributed by atoms with van der Waals surface area (Å²) in [5.74, 6) is -0.319. The van der Waals surface area contributed by atoms with E-state index in [1.165, 1.54) is 15.4 Å². The molecule has 3 rings (SSSR count). The van der Waals surface area contributed by atoms with Gasteiger partial charge in [0.15, 0.2) is 0 Å². The van der Waals surface area contributed by atoms with Crippen LogP contribution >= 0.6 is 0 Å². The van der Waals surface area contributed by atoms with E-state index in [4.69, 9.17) is 0 Å². The van der Waals surface area contributed by atoms with Gasteiger partial charge in [0.05, 0.1) is 10.6 Å². The van der Waals surface area contributed by atoms with Crippen molar-refractivity contribution >= 4 is 21.6 Å². The number of carbonyl (C=O) groups is 1. The highest BCUT2D eigenvalue weighted by Gasteiger charge is 2.28. The molecule has 0 aliphatic carbocycles. The number of nitrogens with zero attached hydrogens (tertiary/aromatic N) is 1. The molecule has 0 aliphatic heterocycles. The Morgan fingerprint density at radius 2 is 1.64 bits per heavy atom. The molecule has 0 unspecified atom stereocenters. The number of hydrogen-bond donors (Lipinski definition) is 1. The summed E-state index contributed by atoms with van der Waals surface area (Å²) in [6.07, 6.45) is 2.30. The second kappa shape index (κ2) is 11.1. The van der Waals surface area contributed by atoms with Crippen molar-refractivity contribution in [1.29, 1.82) is 0 Å². The Bertz CT molecular complexity index is 1190. The van der Waals surface area contributed by atoms with Crippen LogP contribution < -0.4 is 9.62 Å². The Labute approximate surface area is 197 Å². The van der Waals surface area contributed by atoms with Crippen molar-refractivity contribution in [3.8, 4) is 0 Å². The van der Waals surface area contributed by atoms with Crippen molar-refractivity contribution in [2.45, 2.75) is 44.9 Å². The lowest BCUT2D eigenvalue weighted by Gasteiger charge is -2.26. The number of anilines is 1. The maximum atomic E-state index is 13.5. The minimum atomic E-state index is -3.90. The predicted octanol–water partition coefficient (Wildman–Crippen LogP) is 4.81. The van der Waals surface area contributed by atoms with Crippen LogP contribution in [0.3, 0.4) is 0 Å². The molecule has 33 heavy (non-hydrogen) atoms. The Kier molecular flexibility index (Phi) is 8.28. The fraction of sp³-hybridized carbons (Fsp3) is 0.296. The van der Waals surface area contributed by atoms with Gasteiger partial charge in [0.2, 0.25) is 5.91 Å². The lowest BCUT2D eigenvalue weighted by atomic mass is 10.1. The SMILES string of the molecule is CCc1ccccc1N(CC(=O)NCCCc1cccc(C)c1)S(=O)(=O)c1ccc(C)cc1. The van der Waals surface area contributed by atoms with Crippen molar-refractivity contribution in [2.24, 2.45) is 0 Å². The first-order valence-electron chi connectivity index (χ1n) is 11.3. The number of aryl methyl sites for hydroxylation is 4. The Morgan fingerprint density at radius 1 is 0.909 bits per heavy atom. The zero-order valence-corrected chi connectivity index (χ0v) is 20.4. The van der Waals surface area contributed by atoms with Crippen molar-refractivity contribution in [2.75, 3.05) is 17.4 Å². The smallest absolute Gasteiger partial charge is 0.264 e. The minimum absolute atomic E-state index is 0.172. The Hall–Kier alpha value is -3.12. The standard InChI is InChI=1S/C27H32N2O3S/c1-4-24-12-5-6-13-26(24)29(33(31,32)25-16-14-21(2)15-17-25)20-27(30)28-18-8-11-23-10-7-9-22(3)19-23/h5-7,9-10,12-17,19H,4,8,11,18,20H2,1-3H3,(H,28,30). The van der Waals surface area contributed by atoms with Crippen LogP contribution in [0, 0.1) is 13.8 Å². The van der Waals surface area contributed by atoms with Crippen molar-refractivity contribution < 1.29 is 13.2 Å². The maximum Gasteiger partial charge on any atom is 0.264 e. The predicted molar refractivity (Wildman–Crippen MR) is 134 cm³/mol. The summed E-state index contributed by atoms with van der Waals surface area (Å²) in [5.41, 5.74) is 4.82. The lowest BCUT2D eigenvalue weighted by Crippen LogP contribution is -2.41. The fourth-order valence-corrected chi connectivity index (χ4v) is 5.22. The van der Waals surface area contributed by atoms with E-state index in [0.29, 0.717) is 18.7 Å². The number of sulfonamides is 1. The van der Waals surface area contributed by atoms with Crippen molar-refractivity contribution in [1.82, 2.24) is 5.32 Å². The summed E-state index contributed by atoms with van der Waals surface area (Å²) in [4.78, 5) is 13.0. The van der Waals surface area contributed by atoms with E-state index >= 15 is 0 Å². The van der Waals surface area contributed by atoms with Crippen molar-refractivity contribution in [3.05, 3.63) is 95.1 Å². The third-order valence-corrected chi connectivity index (χ3v) is 7.36. The van der Waals surface area contributed by atoms with E-state index in [1.807, 2.05) is 32.0 Å². The summed E-state index contributed by atoms with van der Waals surface area (Å²) in [6.45, 7) is 6.16. The highest BCUT2D eigenvalue weighted by molar-refractivity contribution is 7.92.